The molecule has 0 radical (unpaired) electrons. The van der Waals surface area contributed by atoms with Crippen molar-refractivity contribution < 1.29 is 0 Å². The SMILES string of the molecule is c1ccc(-c2cccc(-c3nc(-c4ccc(-c5cccc(-c6nc7ccccc7c7c8ccccc8c8ccccc8c67)c5)cc4)c4ccccc4n3)c2)cc1. The van der Waals surface area contributed by atoms with Crippen LogP contribution in [0.1, 0.15) is 0 Å². The lowest BCUT2D eigenvalue weighted by molar-refractivity contribution is 1.23. The van der Waals surface area contributed by atoms with E-state index in [9.17, 15) is 0 Å². The topological polar surface area (TPSA) is 38.7 Å². The molecular weight excluding hydrogens is 679 g/mol. The maximum absolute atomic E-state index is 5.39. The third-order valence-electron chi connectivity index (χ3n) is 11.0. The van der Waals surface area contributed by atoms with E-state index in [0.29, 0.717) is 5.82 Å². The van der Waals surface area contributed by atoms with E-state index >= 15 is 0 Å². The van der Waals surface area contributed by atoms with Gasteiger partial charge in [-0.3, -0.25) is 0 Å². The van der Waals surface area contributed by atoms with Crippen LogP contribution in [0, 0.1) is 0 Å². The van der Waals surface area contributed by atoms with E-state index in [0.717, 1.165) is 61.2 Å². The zero-order valence-electron chi connectivity index (χ0n) is 30.4. The minimum atomic E-state index is 0.712. The first-order chi connectivity index (χ1) is 27.8. The van der Waals surface area contributed by atoms with Crippen molar-refractivity contribution in [3.8, 4) is 56.2 Å². The van der Waals surface area contributed by atoms with Gasteiger partial charge in [0.2, 0.25) is 0 Å². The van der Waals surface area contributed by atoms with E-state index in [4.69, 9.17) is 15.0 Å². The highest BCUT2D eigenvalue weighted by Gasteiger charge is 2.18. The molecule has 3 nitrogen and oxygen atoms in total. The summed E-state index contributed by atoms with van der Waals surface area (Å²) in [6, 6.07) is 70.9. The molecule has 0 aliphatic carbocycles. The van der Waals surface area contributed by atoms with E-state index in [-0.39, 0.29) is 0 Å². The quantitative estimate of drug-likeness (QED) is 0.167. The van der Waals surface area contributed by atoms with Gasteiger partial charge in [-0.2, -0.15) is 0 Å². The van der Waals surface area contributed by atoms with Crippen molar-refractivity contribution in [3.05, 3.63) is 200 Å². The van der Waals surface area contributed by atoms with Gasteiger partial charge in [-0.1, -0.05) is 176 Å². The predicted octanol–water partition coefficient (Wildman–Crippen LogP) is 14.0. The van der Waals surface area contributed by atoms with E-state index < -0.39 is 0 Å². The minimum Gasteiger partial charge on any atom is -0.247 e. The lowest BCUT2D eigenvalue weighted by Gasteiger charge is -2.16. The highest BCUT2D eigenvalue weighted by Crippen LogP contribution is 2.43. The Morgan fingerprint density at radius 2 is 0.696 bits per heavy atom. The van der Waals surface area contributed by atoms with Crippen LogP contribution in [-0.2, 0) is 0 Å². The lowest BCUT2D eigenvalue weighted by Crippen LogP contribution is -1.95. The number of benzene rings is 9. The van der Waals surface area contributed by atoms with Crippen LogP contribution in [0.15, 0.2) is 200 Å². The molecule has 11 aromatic rings. The maximum Gasteiger partial charge on any atom is 0.160 e. The zero-order valence-corrected chi connectivity index (χ0v) is 30.4. The summed E-state index contributed by atoms with van der Waals surface area (Å²) in [6.45, 7) is 0. The molecule has 0 aliphatic rings. The molecule has 9 aromatic carbocycles. The summed E-state index contributed by atoms with van der Waals surface area (Å²) in [7, 11) is 0. The van der Waals surface area contributed by atoms with Crippen molar-refractivity contribution in [2.75, 3.05) is 0 Å². The first-order valence-corrected chi connectivity index (χ1v) is 19.0. The van der Waals surface area contributed by atoms with Crippen LogP contribution >= 0.6 is 0 Å². The number of aromatic nitrogens is 3. The van der Waals surface area contributed by atoms with Crippen molar-refractivity contribution >= 4 is 54.1 Å². The fourth-order valence-electron chi connectivity index (χ4n) is 8.40. The van der Waals surface area contributed by atoms with Crippen LogP contribution in [0.5, 0.6) is 0 Å². The fraction of sp³-hybridized carbons (Fsp3) is 0. The van der Waals surface area contributed by atoms with Crippen LogP contribution in [0.25, 0.3) is 110 Å². The molecule has 0 aliphatic heterocycles. The Balaban J connectivity index is 1.03. The second kappa shape index (κ2) is 13.1. The molecule has 260 valence electrons. The van der Waals surface area contributed by atoms with E-state index in [1.54, 1.807) is 0 Å². The van der Waals surface area contributed by atoms with Gasteiger partial charge in [0, 0.05) is 38.2 Å². The molecule has 0 spiro atoms. The van der Waals surface area contributed by atoms with Crippen LogP contribution < -0.4 is 0 Å². The summed E-state index contributed by atoms with van der Waals surface area (Å²) < 4.78 is 0. The molecular formula is C53H33N3. The normalized spacial score (nSPS) is 11.6. The Bertz CT molecular complexity index is 3300. The van der Waals surface area contributed by atoms with Gasteiger partial charge in [0.1, 0.15) is 0 Å². The third-order valence-corrected chi connectivity index (χ3v) is 11.0. The summed E-state index contributed by atoms with van der Waals surface area (Å²) in [5.74, 6) is 0.712. The molecule has 2 aromatic heterocycles. The Hall–Kier alpha value is -7.49. The van der Waals surface area contributed by atoms with Crippen LogP contribution in [0.4, 0.5) is 0 Å². The number of nitrogens with zero attached hydrogens (tertiary/aromatic N) is 3. The Labute approximate surface area is 324 Å². The summed E-state index contributed by atoms with van der Waals surface area (Å²) in [5, 5.41) is 9.60. The van der Waals surface area contributed by atoms with Crippen LogP contribution in [0.3, 0.4) is 0 Å². The fourth-order valence-corrected chi connectivity index (χ4v) is 8.40. The first kappa shape index (κ1) is 32.0. The van der Waals surface area contributed by atoms with Gasteiger partial charge in [-0.05, 0) is 68.1 Å². The molecule has 0 amide bonds. The van der Waals surface area contributed by atoms with Gasteiger partial charge in [0.15, 0.2) is 5.82 Å². The van der Waals surface area contributed by atoms with Gasteiger partial charge in [0.05, 0.1) is 22.4 Å². The van der Waals surface area contributed by atoms with Crippen molar-refractivity contribution in [2.24, 2.45) is 0 Å². The van der Waals surface area contributed by atoms with Gasteiger partial charge in [-0.15, -0.1) is 0 Å². The first-order valence-electron chi connectivity index (χ1n) is 19.0. The molecule has 0 atom stereocenters. The molecule has 56 heavy (non-hydrogen) atoms. The largest absolute Gasteiger partial charge is 0.247 e. The molecule has 0 bridgehead atoms. The second-order valence-corrected chi connectivity index (χ2v) is 14.3. The monoisotopic (exact) mass is 711 g/mol. The Morgan fingerprint density at radius 1 is 0.232 bits per heavy atom. The average Bonchev–Trinajstić information content (AvgIpc) is 3.28. The third kappa shape index (κ3) is 5.32. The van der Waals surface area contributed by atoms with E-state index in [2.05, 4.69) is 188 Å². The lowest BCUT2D eigenvalue weighted by atomic mass is 9.89. The molecule has 0 fully saturated rings. The van der Waals surface area contributed by atoms with Gasteiger partial charge in [-0.25, -0.2) is 15.0 Å². The number of rotatable bonds is 5. The van der Waals surface area contributed by atoms with Gasteiger partial charge in [0.25, 0.3) is 0 Å². The Kier molecular flexibility index (Phi) is 7.49. The molecule has 3 heteroatoms. The standard InChI is InChI=1S/C53H33N3/c1-2-14-34(15-3-1)38-17-13-19-40(33-38)53-55-48-27-11-9-25-46(48)51(56-53)36-30-28-35(29-31-36)37-16-12-18-39(32-37)52-50-44-23-7-5-21-42(44)41-20-4-6-22-43(41)49(50)45-24-8-10-26-47(45)54-52/h1-33H. The number of hydrogen-bond donors (Lipinski definition) is 0. The average molecular weight is 712 g/mol. The maximum atomic E-state index is 5.39. The molecule has 0 unspecified atom stereocenters. The molecule has 0 saturated heterocycles. The highest BCUT2D eigenvalue weighted by molar-refractivity contribution is 6.33. The summed E-state index contributed by atoms with van der Waals surface area (Å²) in [6.07, 6.45) is 0. The van der Waals surface area contributed by atoms with Crippen molar-refractivity contribution in [1.29, 1.82) is 0 Å². The predicted molar refractivity (Wildman–Crippen MR) is 235 cm³/mol. The highest BCUT2D eigenvalue weighted by atomic mass is 14.9. The molecule has 2 heterocycles. The molecule has 11 rings (SSSR count). The smallest absolute Gasteiger partial charge is 0.160 e. The molecule has 0 saturated carbocycles. The summed E-state index contributed by atoms with van der Waals surface area (Å²) in [5.41, 5.74) is 11.5. The summed E-state index contributed by atoms with van der Waals surface area (Å²) >= 11 is 0. The number of fused-ring (bicyclic) bond motifs is 9. The van der Waals surface area contributed by atoms with Crippen LogP contribution in [0.2, 0.25) is 0 Å². The second-order valence-electron chi connectivity index (χ2n) is 14.3. The number of hydrogen-bond acceptors (Lipinski definition) is 3. The number of para-hydroxylation sites is 2. The van der Waals surface area contributed by atoms with Crippen molar-refractivity contribution in [3.63, 3.8) is 0 Å². The summed E-state index contributed by atoms with van der Waals surface area (Å²) in [4.78, 5) is 15.6. The van der Waals surface area contributed by atoms with Crippen molar-refractivity contribution in [2.45, 2.75) is 0 Å². The van der Waals surface area contributed by atoms with E-state index in [1.807, 2.05) is 12.1 Å². The van der Waals surface area contributed by atoms with E-state index in [1.165, 1.54) is 43.3 Å². The van der Waals surface area contributed by atoms with Crippen LogP contribution in [-0.4, -0.2) is 15.0 Å². The van der Waals surface area contributed by atoms with Crippen molar-refractivity contribution in [1.82, 2.24) is 15.0 Å². The van der Waals surface area contributed by atoms with Gasteiger partial charge >= 0.3 is 0 Å². The molecule has 0 N–H and O–H groups in total. The minimum absolute atomic E-state index is 0.712. The Morgan fingerprint density at radius 3 is 1.39 bits per heavy atom. The number of pyridine rings is 1. The van der Waals surface area contributed by atoms with Gasteiger partial charge < -0.3 is 0 Å². The zero-order chi connectivity index (χ0) is 37.0.